The van der Waals surface area contributed by atoms with Crippen LogP contribution in [0.25, 0.3) is 0 Å². The van der Waals surface area contributed by atoms with E-state index in [4.69, 9.17) is 16.6 Å². The first kappa shape index (κ1) is 13.9. The summed E-state index contributed by atoms with van der Waals surface area (Å²) in [5.74, 6) is -1.24. The van der Waals surface area contributed by atoms with E-state index < -0.39 is 12.0 Å². The topological polar surface area (TPSA) is 118 Å². The van der Waals surface area contributed by atoms with Gasteiger partial charge in [0.15, 0.2) is 0 Å². The summed E-state index contributed by atoms with van der Waals surface area (Å²) in [5, 5.41) is 10.8. The summed E-state index contributed by atoms with van der Waals surface area (Å²) in [4.78, 5) is 21.4. The average molecular weight is 217 g/mol. The summed E-state index contributed by atoms with van der Waals surface area (Å²) in [6.07, 6.45) is 2.15. The Morgan fingerprint density at radius 1 is 1.33 bits per heavy atom. The van der Waals surface area contributed by atoms with E-state index in [1.807, 2.05) is 0 Å². The molecule has 1 amide bonds. The second-order valence-corrected chi connectivity index (χ2v) is 3.33. The Kier molecular flexibility index (Phi) is 7.57. The molecule has 0 aromatic heterocycles. The summed E-state index contributed by atoms with van der Waals surface area (Å²) in [6, 6.07) is -0.564. The fourth-order valence-corrected chi connectivity index (χ4v) is 1.06. The molecule has 0 saturated heterocycles. The van der Waals surface area contributed by atoms with Crippen LogP contribution in [0.4, 0.5) is 0 Å². The van der Waals surface area contributed by atoms with E-state index >= 15 is 0 Å². The van der Waals surface area contributed by atoms with Crippen molar-refractivity contribution in [2.45, 2.75) is 31.7 Å². The molecule has 0 aromatic carbocycles. The van der Waals surface area contributed by atoms with Gasteiger partial charge >= 0.3 is 5.97 Å². The standard InChI is InChI=1S/C9H19N3O3/c10-5-2-1-3-7(11)9(15)12-6-4-8(13)14/h7H,1-6,10-11H2,(H,12,15)(H,13,14)/t7-/m0/s1. The van der Waals surface area contributed by atoms with Crippen molar-refractivity contribution in [2.75, 3.05) is 13.1 Å². The zero-order chi connectivity index (χ0) is 11.7. The number of rotatable bonds is 8. The number of hydrogen-bond donors (Lipinski definition) is 4. The highest BCUT2D eigenvalue weighted by Crippen LogP contribution is 1.97. The molecule has 0 rings (SSSR count). The van der Waals surface area contributed by atoms with Crippen LogP contribution in [0.2, 0.25) is 0 Å². The van der Waals surface area contributed by atoms with Gasteiger partial charge in [-0.1, -0.05) is 6.42 Å². The van der Waals surface area contributed by atoms with Crippen LogP contribution >= 0.6 is 0 Å². The molecule has 6 N–H and O–H groups in total. The molecule has 6 heteroatoms. The molecule has 0 radical (unpaired) electrons. The van der Waals surface area contributed by atoms with Crippen molar-refractivity contribution in [3.8, 4) is 0 Å². The van der Waals surface area contributed by atoms with Crippen molar-refractivity contribution in [3.05, 3.63) is 0 Å². The van der Waals surface area contributed by atoms with E-state index in [0.717, 1.165) is 12.8 Å². The predicted molar refractivity (Wildman–Crippen MR) is 56.1 cm³/mol. The number of aliphatic carboxylic acids is 1. The minimum Gasteiger partial charge on any atom is -0.481 e. The molecule has 6 nitrogen and oxygen atoms in total. The summed E-state index contributed by atoms with van der Waals surface area (Å²) in [7, 11) is 0. The van der Waals surface area contributed by atoms with Crippen LogP contribution in [0, 0.1) is 0 Å². The van der Waals surface area contributed by atoms with Gasteiger partial charge in [-0.2, -0.15) is 0 Å². The SMILES string of the molecule is NCCCC[C@H](N)C(=O)NCCC(=O)O. The van der Waals surface area contributed by atoms with E-state index in [1.165, 1.54) is 0 Å². The number of carbonyl (C=O) groups is 2. The number of amides is 1. The van der Waals surface area contributed by atoms with Gasteiger partial charge in [0.2, 0.25) is 5.91 Å². The molecule has 0 spiro atoms. The Hall–Kier alpha value is -1.14. The van der Waals surface area contributed by atoms with Crippen LogP contribution in [0.3, 0.4) is 0 Å². The molecule has 0 fully saturated rings. The second-order valence-electron chi connectivity index (χ2n) is 3.33. The number of hydrogen-bond acceptors (Lipinski definition) is 4. The van der Waals surface area contributed by atoms with Crippen LogP contribution < -0.4 is 16.8 Å². The Labute approximate surface area is 89.0 Å². The third kappa shape index (κ3) is 7.90. The van der Waals surface area contributed by atoms with Crippen molar-refractivity contribution in [2.24, 2.45) is 11.5 Å². The van der Waals surface area contributed by atoms with Crippen LogP contribution in [0.15, 0.2) is 0 Å². The van der Waals surface area contributed by atoms with Crippen molar-refractivity contribution < 1.29 is 14.7 Å². The zero-order valence-electron chi connectivity index (χ0n) is 8.74. The van der Waals surface area contributed by atoms with Gasteiger partial charge in [0.25, 0.3) is 0 Å². The molecule has 0 aromatic rings. The Morgan fingerprint density at radius 2 is 2.00 bits per heavy atom. The molecule has 0 aliphatic heterocycles. The molecular weight excluding hydrogens is 198 g/mol. The quantitative estimate of drug-likeness (QED) is 0.390. The first-order valence-corrected chi connectivity index (χ1v) is 5.03. The summed E-state index contributed by atoms with van der Waals surface area (Å²) in [5.41, 5.74) is 10.9. The maximum Gasteiger partial charge on any atom is 0.305 e. The Balaban J connectivity index is 3.55. The first-order chi connectivity index (χ1) is 7.07. The van der Waals surface area contributed by atoms with Gasteiger partial charge in [-0.05, 0) is 19.4 Å². The Morgan fingerprint density at radius 3 is 2.53 bits per heavy atom. The summed E-state index contributed by atoms with van der Waals surface area (Å²) < 4.78 is 0. The van der Waals surface area contributed by atoms with E-state index in [9.17, 15) is 9.59 Å². The van der Waals surface area contributed by atoms with E-state index in [-0.39, 0.29) is 18.9 Å². The molecule has 0 bridgehead atoms. The number of unbranched alkanes of at least 4 members (excludes halogenated alkanes) is 1. The van der Waals surface area contributed by atoms with Crippen LogP contribution in [-0.4, -0.2) is 36.1 Å². The molecule has 0 unspecified atom stereocenters. The fourth-order valence-electron chi connectivity index (χ4n) is 1.06. The van der Waals surface area contributed by atoms with E-state index in [0.29, 0.717) is 13.0 Å². The molecule has 15 heavy (non-hydrogen) atoms. The number of carbonyl (C=O) groups excluding carboxylic acids is 1. The van der Waals surface area contributed by atoms with Gasteiger partial charge in [-0.15, -0.1) is 0 Å². The van der Waals surface area contributed by atoms with Gasteiger partial charge in [0, 0.05) is 6.54 Å². The van der Waals surface area contributed by atoms with E-state index in [2.05, 4.69) is 5.32 Å². The van der Waals surface area contributed by atoms with Crippen molar-refractivity contribution >= 4 is 11.9 Å². The second kappa shape index (κ2) is 8.19. The van der Waals surface area contributed by atoms with Gasteiger partial charge in [-0.25, -0.2) is 0 Å². The number of nitrogens with one attached hydrogen (secondary N) is 1. The maximum atomic E-state index is 11.3. The minimum atomic E-state index is -0.938. The lowest BCUT2D eigenvalue weighted by atomic mass is 10.1. The molecular formula is C9H19N3O3. The minimum absolute atomic E-state index is 0.0821. The van der Waals surface area contributed by atoms with Gasteiger partial charge in [-0.3, -0.25) is 9.59 Å². The number of nitrogens with two attached hydrogens (primary N) is 2. The number of carboxylic acid groups (broad SMARTS) is 1. The summed E-state index contributed by atoms with van der Waals surface area (Å²) in [6.45, 7) is 0.714. The highest BCUT2D eigenvalue weighted by Gasteiger charge is 2.12. The van der Waals surface area contributed by atoms with Gasteiger partial charge < -0.3 is 21.9 Å². The highest BCUT2D eigenvalue weighted by atomic mass is 16.4. The Bertz CT molecular complexity index is 209. The third-order valence-electron chi connectivity index (χ3n) is 1.94. The van der Waals surface area contributed by atoms with E-state index in [1.54, 1.807) is 0 Å². The number of carboxylic acids is 1. The highest BCUT2D eigenvalue weighted by molar-refractivity contribution is 5.81. The molecule has 0 saturated carbocycles. The monoisotopic (exact) mass is 217 g/mol. The zero-order valence-corrected chi connectivity index (χ0v) is 8.74. The lowest BCUT2D eigenvalue weighted by molar-refractivity contribution is -0.136. The van der Waals surface area contributed by atoms with Crippen LogP contribution in [-0.2, 0) is 9.59 Å². The lowest BCUT2D eigenvalue weighted by Gasteiger charge is -2.10. The molecule has 1 atom stereocenters. The molecule has 88 valence electrons. The van der Waals surface area contributed by atoms with Crippen molar-refractivity contribution in [1.29, 1.82) is 0 Å². The summed E-state index contributed by atoms with van der Waals surface area (Å²) >= 11 is 0. The maximum absolute atomic E-state index is 11.3. The van der Waals surface area contributed by atoms with Crippen LogP contribution in [0.5, 0.6) is 0 Å². The van der Waals surface area contributed by atoms with Gasteiger partial charge in [0.05, 0.1) is 12.5 Å². The van der Waals surface area contributed by atoms with Crippen LogP contribution in [0.1, 0.15) is 25.7 Å². The lowest BCUT2D eigenvalue weighted by Crippen LogP contribution is -2.41. The van der Waals surface area contributed by atoms with Crippen molar-refractivity contribution in [3.63, 3.8) is 0 Å². The molecule has 0 heterocycles. The molecule has 0 aliphatic carbocycles. The largest absolute Gasteiger partial charge is 0.481 e. The predicted octanol–water partition coefficient (Wildman–Crippen LogP) is -0.966. The smallest absolute Gasteiger partial charge is 0.305 e. The van der Waals surface area contributed by atoms with Crippen molar-refractivity contribution in [1.82, 2.24) is 5.32 Å². The normalized spacial score (nSPS) is 12.1. The first-order valence-electron chi connectivity index (χ1n) is 5.03. The third-order valence-corrected chi connectivity index (χ3v) is 1.94. The average Bonchev–Trinajstić information content (AvgIpc) is 2.17. The van der Waals surface area contributed by atoms with Gasteiger partial charge in [0.1, 0.15) is 0 Å². The molecule has 0 aliphatic rings. The fraction of sp³-hybridized carbons (Fsp3) is 0.778.